The predicted octanol–water partition coefficient (Wildman–Crippen LogP) is 2.61. The number of nitrogens with zero attached hydrogens (tertiary/aromatic N) is 3. The van der Waals surface area contributed by atoms with Crippen molar-refractivity contribution in [1.82, 2.24) is 9.88 Å². The van der Waals surface area contributed by atoms with Crippen molar-refractivity contribution in [3.63, 3.8) is 0 Å². The molecular weight excluding hydrogens is 250 g/mol. The maximum atomic E-state index is 12.6. The molecule has 1 fully saturated rings. The van der Waals surface area contributed by atoms with Gasteiger partial charge in [-0.25, -0.2) is 0 Å². The molecule has 1 aromatic heterocycles. The first-order valence-electron chi connectivity index (χ1n) is 6.82. The second-order valence-corrected chi connectivity index (χ2v) is 5.08. The van der Waals surface area contributed by atoms with Gasteiger partial charge in [0.1, 0.15) is 5.69 Å². The Morgan fingerprint density at radius 2 is 2.00 bits per heavy atom. The van der Waals surface area contributed by atoms with Gasteiger partial charge in [0.2, 0.25) is 0 Å². The summed E-state index contributed by atoms with van der Waals surface area (Å²) in [7, 11) is 0. The number of rotatable bonds is 1. The number of fused-ring (bicyclic) bond motifs is 1. The minimum atomic E-state index is -0.0295. The lowest BCUT2D eigenvalue weighted by atomic mass is 9.98. The molecule has 0 spiro atoms. The van der Waals surface area contributed by atoms with Crippen LogP contribution in [0.25, 0.3) is 10.8 Å². The zero-order chi connectivity index (χ0) is 13.9. The topological polar surface area (TPSA) is 57.0 Å². The molecule has 4 nitrogen and oxygen atoms in total. The minimum absolute atomic E-state index is 0.0295. The summed E-state index contributed by atoms with van der Waals surface area (Å²) in [6, 6.07) is 12.0. The number of likely N-dealkylation sites (tertiary alicyclic amines) is 1. The van der Waals surface area contributed by atoms with E-state index in [0.717, 1.165) is 23.6 Å². The van der Waals surface area contributed by atoms with Crippen molar-refractivity contribution in [3.8, 4) is 6.07 Å². The van der Waals surface area contributed by atoms with Gasteiger partial charge in [-0.3, -0.25) is 9.78 Å². The molecule has 0 radical (unpaired) electrons. The smallest absolute Gasteiger partial charge is 0.273 e. The molecule has 0 unspecified atom stereocenters. The van der Waals surface area contributed by atoms with Crippen molar-refractivity contribution in [3.05, 3.63) is 42.2 Å². The highest BCUT2D eigenvalue weighted by atomic mass is 16.2. The van der Waals surface area contributed by atoms with E-state index in [4.69, 9.17) is 5.26 Å². The number of piperidine rings is 1. The third-order valence-electron chi connectivity index (χ3n) is 3.84. The standard InChI is InChI=1S/C16H15N3O/c17-11-12-6-9-19(10-7-12)16(20)15-14-4-2-1-3-13(14)5-8-18-15/h1-5,8,12H,6-7,9-10H2. The summed E-state index contributed by atoms with van der Waals surface area (Å²) in [6.45, 7) is 1.28. The van der Waals surface area contributed by atoms with E-state index < -0.39 is 0 Å². The molecule has 0 saturated carbocycles. The molecule has 0 N–H and O–H groups in total. The van der Waals surface area contributed by atoms with Crippen LogP contribution in [-0.2, 0) is 0 Å². The van der Waals surface area contributed by atoms with Gasteiger partial charge in [0.15, 0.2) is 0 Å². The molecule has 2 heterocycles. The van der Waals surface area contributed by atoms with Crippen molar-refractivity contribution in [1.29, 1.82) is 5.26 Å². The summed E-state index contributed by atoms with van der Waals surface area (Å²) in [4.78, 5) is 18.7. The first kappa shape index (κ1) is 12.6. The number of aromatic nitrogens is 1. The lowest BCUT2D eigenvalue weighted by Gasteiger charge is -2.29. The first-order chi connectivity index (χ1) is 9.79. The summed E-state index contributed by atoms with van der Waals surface area (Å²) in [5, 5.41) is 10.8. The van der Waals surface area contributed by atoms with Gasteiger partial charge < -0.3 is 4.90 Å². The number of nitriles is 1. The third-order valence-corrected chi connectivity index (χ3v) is 3.84. The van der Waals surface area contributed by atoms with Crippen molar-refractivity contribution in [2.24, 2.45) is 5.92 Å². The molecule has 20 heavy (non-hydrogen) atoms. The third kappa shape index (κ3) is 2.23. The fraction of sp³-hybridized carbons (Fsp3) is 0.312. The molecule has 3 rings (SSSR count). The summed E-state index contributed by atoms with van der Waals surface area (Å²) in [5.41, 5.74) is 0.513. The van der Waals surface area contributed by atoms with Crippen LogP contribution >= 0.6 is 0 Å². The zero-order valence-electron chi connectivity index (χ0n) is 11.1. The highest BCUT2D eigenvalue weighted by molar-refractivity contribution is 6.05. The maximum Gasteiger partial charge on any atom is 0.273 e. The van der Waals surface area contributed by atoms with Gasteiger partial charge in [-0.2, -0.15) is 5.26 Å². The van der Waals surface area contributed by atoms with Crippen LogP contribution in [-0.4, -0.2) is 28.9 Å². The van der Waals surface area contributed by atoms with Crippen LogP contribution in [0.5, 0.6) is 0 Å². The maximum absolute atomic E-state index is 12.6. The highest BCUT2D eigenvalue weighted by Gasteiger charge is 2.25. The second kappa shape index (κ2) is 5.30. The van der Waals surface area contributed by atoms with E-state index in [2.05, 4.69) is 11.1 Å². The summed E-state index contributed by atoms with van der Waals surface area (Å²) in [6.07, 6.45) is 3.19. The van der Waals surface area contributed by atoms with Crippen LogP contribution in [0.15, 0.2) is 36.5 Å². The number of amides is 1. The lowest BCUT2D eigenvalue weighted by molar-refractivity contribution is 0.0703. The Morgan fingerprint density at radius 1 is 1.25 bits per heavy atom. The number of benzene rings is 1. The SMILES string of the molecule is N#CC1CCN(C(=O)c2nccc3ccccc23)CC1. The molecule has 2 aromatic rings. The number of carbonyl (C=O) groups is 1. The van der Waals surface area contributed by atoms with Crippen LogP contribution < -0.4 is 0 Å². The fourth-order valence-corrected chi connectivity index (χ4v) is 2.65. The van der Waals surface area contributed by atoms with Crippen molar-refractivity contribution in [2.75, 3.05) is 13.1 Å². The molecule has 1 saturated heterocycles. The molecule has 0 aliphatic carbocycles. The van der Waals surface area contributed by atoms with Crippen molar-refractivity contribution < 1.29 is 4.79 Å². The van der Waals surface area contributed by atoms with Gasteiger partial charge in [-0.1, -0.05) is 24.3 Å². The van der Waals surface area contributed by atoms with E-state index in [1.807, 2.05) is 35.2 Å². The van der Waals surface area contributed by atoms with E-state index in [9.17, 15) is 4.79 Å². The van der Waals surface area contributed by atoms with Crippen LogP contribution in [0, 0.1) is 17.2 Å². The molecule has 1 aliphatic heterocycles. The Kier molecular flexibility index (Phi) is 3.34. The van der Waals surface area contributed by atoms with E-state index >= 15 is 0 Å². The van der Waals surface area contributed by atoms with Crippen molar-refractivity contribution >= 4 is 16.7 Å². The highest BCUT2D eigenvalue weighted by Crippen LogP contribution is 2.21. The van der Waals surface area contributed by atoms with E-state index in [1.165, 1.54) is 0 Å². The Bertz CT molecular complexity index is 676. The lowest BCUT2D eigenvalue weighted by Crippen LogP contribution is -2.38. The number of hydrogen-bond acceptors (Lipinski definition) is 3. The van der Waals surface area contributed by atoms with Crippen LogP contribution in [0.4, 0.5) is 0 Å². The molecule has 0 atom stereocenters. The Hall–Kier alpha value is -2.41. The fourth-order valence-electron chi connectivity index (χ4n) is 2.65. The average Bonchev–Trinajstić information content (AvgIpc) is 2.54. The normalized spacial score (nSPS) is 16.1. The number of pyridine rings is 1. The van der Waals surface area contributed by atoms with Crippen LogP contribution in [0.2, 0.25) is 0 Å². The summed E-state index contributed by atoms with van der Waals surface area (Å²) >= 11 is 0. The number of hydrogen-bond donors (Lipinski definition) is 0. The number of carbonyl (C=O) groups excluding carboxylic acids is 1. The second-order valence-electron chi connectivity index (χ2n) is 5.08. The van der Waals surface area contributed by atoms with E-state index in [0.29, 0.717) is 18.8 Å². The molecule has 1 aliphatic rings. The summed E-state index contributed by atoms with van der Waals surface area (Å²) in [5.74, 6) is 0.0534. The Balaban J connectivity index is 1.88. The van der Waals surface area contributed by atoms with Gasteiger partial charge in [0.05, 0.1) is 6.07 Å². The molecule has 1 aromatic carbocycles. The van der Waals surface area contributed by atoms with Crippen LogP contribution in [0.1, 0.15) is 23.3 Å². The van der Waals surface area contributed by atoms with Gasteiger partial charge >= 0.3 is 0 Å². The molecule has 0 bridgehead atoms. The Morgan fingerprint density at radius 3 is 2.75 bits per heavy atom. The molecular formula is C16H15N3O. The zero-order valence-corrected chi connectivity index (χ0v) is 11.1. The van der Waals surface area contributed by atoms with Crippen LogP contribution in [0.3, 0.4) is 0 Å². The largest absolute Gasteiger partial charge is 0.337 e. The Labute approximate surface area is 117 Å². The summed E-state index contributed by atoms with van der Waals surface area (Å²) < 4.78 is 0. The van der Waals surface area contributed by atoms with Gasteiger partial charge in [0, 0.05) is 30.6 Å². The quantitative estimate of drug-likeness (QED) is 0.796. The van der Waals surface area contributed by atoms with Crippen molar-refractivity contribution in [2.45, 2.75) is 12.8 Å². The van der Waals surface area contributed by atoms with Gasteiger partial charge in [-0.15, -0.1) is 0 Å². The molecule has 1 amide bonds. The average molecular weight is 265 g/mol. The minimum Gasteiger partial charge on any atom is -0.337 e. The predicted molar refractivity (Wildman–Crippen MR) is 76.0 cm³/mol. The van der Waals surface area contributed by atoms with Gasteiger partial charge in [0.25, 0.3) is 5.91 Å². The van der Waals surface area contributed by atoms with Gasteiger partial charge in [-0.05, 0) is 24.3 Å². The molecule has 100 valence electrons. The monoisotopic (exact) mass is 265 g/mol. The van der Waals surface area contributed by atoms with E-state index in [1.54, 1.807) is 6.20 Å². The first-order valence-corrected chi connectivity index (χ1v) is 6.82. The van der Waals surface area contributed by atoms with E-state index in [-0.39, 0.29) is 11.8 Å². The molecule has 4 heteroatoms.